The summed E-state index contributed by atoms with van der Waals surface area (Å²) in [5.74, 6) is 0.543. The maximum absolute atomic E-state index is 12.7. The van der Waals surface area contributed by atoms with Crippen LogP contribution in [-0.4, -0.2) is 51.9 Å². The SMILES string of the molecule is CCCN1CC[C@@H](c2ccc(NS(=O)(=O)c3ccc(CN(C)C)cc3)cc2)C1. The Bertz CT molecular complexity index is 862. The largest absolute Gasteiger partial charge is 0.305 e. The van der Waals surface area contributed by atoms with E-state index in [1.54, 1.807) is 12.1 Å². The fourth-order valence-corrected chi connectivity index (χ4v) is 4.86. The van der Waals surface area contributed by atoms with Gasteiger partial charge in [-0.3, -0.25) is 4.72 Å². The Kier molecular flexibility index (Phi) is 6.75. The number of rotatable bonds is 8. The summed E-state index contributed by atoms with van der Waals surface area (Å²) in [4.78, 5) is 4.83. The van der Waals surface area contributed by atoms with Gasteiger partial charge in [0, 0.05) is 18.8 Å². The van der Waals surface area contributed by atoms with Gasteiger partial charge in [0.1, 0.15) is 0 Å². The van der Waals surface area contributed by atoms with Gasteiger partial charge < -0.3 is 9.80 Å². The lowest BCUT2D eigenvalue weighted by Gasteiger charge is -2.15. The van der Waals surface area contributed by atoms with E-state index >= 15 is 0 Å². The summed E-state index contributed by atoms with van der Waals surface area (Å²) in [5.41, 5.74) is 2.97. The van der Waals surface area contributed by atoms with E-state index in [0.29, 0.717) is 11.6 Å². The average molecular weight is 402 g/mol. The second-order valence-electron chi connectivity index (χ2n) is 7.90. The van der Waals surface area contributed by atoms with Gasteiger partial charge in [-0.15, -0.1) is 0 Å². The Hall–Kier alpha value is -1.89. The number of anilines is 1. The van der Waals surface area contributed by atoms with Crippen molar-refractivity contribution in [3.63, 3.8) is 0 Å². The van der Waals surface area contributed by atoms with Crippen molar-refractivity contribution >= 4 is 15.7 Å². The first-order valence-electron chi connectivity index (χ1n) is 9.96. The van der Waals surface area contributed by atoms with Crippen molar-refractivity contribution in [3.05, 3.63) is 59.7 Å². The normalized spacial score (nSPS) is 17.9. The molecule has 152 valence electrons. The third-order valence-electron chi connectivity index (χ3n) is 5.18. The molecule has 1 fully saturated rings. The minimum atomic E-state index is -3.58. The molecule has 1 heterocycles. The first-order valence-corrected chi connectivity index (χ1v) is 11.4. The monoisotopic (exact) mass is 401 g/mol. The van der Waals surface area contributed by atoms with Gasteiger partial charge in [0.2, 0.25) is 0 Å². The number of hydrogen-bond acceptors (Lipinski definition) is 4. The average Bonchev–Trinajstić information content (AvgIpc) is 3.11. The molecule has 2 aromatic rings. The fraction of sp³-hybridized carbons (Fsp3) is 0.455. The van der Waals surface area contributed by atoms with E-state index in [9.17, 15) is 8.42 Å². The molecule has 0 saturated carbocycles. The topological polar surface area (TPSA) is 52.7 Å². The highest BCUT2D eigenvalue weighted by Gasteiger charge is 2.23. The first-order chi connectivity index (χ1) is 13.4. The molecule has 6 heteroatoms. The summed E-state index contributed by atoms with van der Waals surface area (Å²) in [7, 11) is 0.399. The molecule has 0 bridgehead atoms. The standard InChI is InChI=1S/C22H31N3O2S/c1-4-14-25-15-13-20(17-25)19-7-9-21(10-8-19)23-28(26,27)22-11-5-18(6-12-22)16-24(2)3/h5-12,20,23H,4,13-17H2,1-3H3/t20-/m1/s1. The molecule has 2 aromatic carbocycles. The van der Waals surface area contributed by atoms with Crippen molar-refractivity contribution in [2.24, 2.45) is 0 Å². The maximum Gasteiger partial charge on any atom is 0.261 e. The maximum atomic E-state index is 12.7. The summed E-state index contributed by atoms with van der Waals surface area (Å²) in [6.45, 7) is 6.40. The zero-order chi connectivity index (χ0) is 20.1. The molecule has 0 unspecified atom stereocenters. The van der Waals surface area contributed by atoms with Crippen LogP contribution in [0.25, 0.3) is 0 Å². The van der Waals surface area contributed by atoms with Crippen LogP contribution in [0.15, 0.2) is 53.4 Å². The summed E-state index contributed by atoms with van der Waals surface area (Å²) >= 11 is 0. The molecule has 1 aliphatic heterocycles. The molecule has 0 radical (unpaired) electrons. The van der Waals surface area contributed by atoms with Gasteiger partial charge in [-0.05, 0) is 81.3 Å². The van der Waals surface area contributed by atoms with Gasteiger partial charge in [-0.25, -0.2) is 8.42 Å². The quantitative estimate of drug-likeness (QED) is 0.732. The molecular formula is C22H31N3O2S. The van der Waals surface area contributed by atoms with Gasteiger partial charge >= 0.3 is 0 Å². The Morgan fingerprint density at radius 2 is 1.75 bits per heavy atom. The molecule has 3 rings (SSSR count). The van der Waals surface area contributed by atoms with E-state index in [0.717, 1.165) is 31.7 Å². The zero-order valence-corrected chi connectivity index (χ0v) is 17.9. The highest BCUT2D eigenvalue weighted by Crippen LogP contribution is 2.28. The fourth-order valence-electron chi connectivity index (χ4n) is 3.80. The lowest BCUT2D eigenvalue weighted by atomic mass is 9.98. The number of nitrogens with one attached hydrogen (secondary N) is 1. The lowest BCUT2D eigenvalue weighted by Crippen LogP contribution is -2.20. The van der Waals surface area contributed by atoms with Gasteiger partial charge in [-0.1, -0.05) is 31.2 Å². The molecule has 0 amide bonds. The third kappa shape index (κ3) is 5.34. The Balaban J connectivity index is 1.64. The van der Waals surface area contributed by atoms with E-state index in [1.807, 2.05) is 38.4 Å². The highest BCUT2D eigenvalue weighted by atomic mass is 32.2. The Labute approximate surface area is 169 Å². The molecular weight excluding hydrogens is 370 g/mol. The van der Waals surface area contributed by atoms with E-state index in [1.165, 1.54) is 18.4 Å². The summed E-state index contributed by atoms with van der Waals surface area (Å²) in [6.07, 6.45) is 2.36. The second kappa shape index (κ2) is 9.07. The Morgan fingerprint density at radius 1 is 1.07 bits per heavy atom. The van der Waals surface area contributed by atoms with Crippen LogP contribution in [-0.2, 0) is 16.6 Å². The van der Waals surface area contributed by atoms with Crippen LogP contribution < -0.4 is 4.72 Å². The molecule has 0 spiro atoms. The molecule has 1 N–H and O–H groups in total. The number of sulfonamides is 1. The van der Waals surface area contributed by atoms with Crippen molar-refractivity contribution in [2.75, 3.05) is 38.5 Å². The lowest BCUT2D eigenvalue weighted by molar-refractivity contribution is 0.335. The number of benzene rings is 2. The smallest absolute Gasteiger partial charge is 0.261 e. The predicted molar refractivity (Wildman–Crippen MR) is 115 cm³/mol. The minimum Gasteiger partial charge on any atom is -0.305 e. The van der Waals surface area contributed by atoms with Crippen molar-refractivity contribution < 1.29 is 8.42 Å². The van der Waals surface area contributed by atoms with Gasteiger partial charge in [0.25, 0.3) is 10.0 Å². The van der Waals surface area contributed by atoms with Crippen LogP contribution in [0.4, 0.5) is 5.69 Å². The molecule has 1 aliphatic rings. The van der Waals surface area contributed by atoms with Crippen LogP contribution in [0.5, 0.6) is 0 Å². The molecule has 0 aliphatic carbocycles. The van der Waals surface area contributed by atoms with Crippen LogP contribution in [0.3, 0.4) is 0 Å². The van der Waals surface area contributed by atoms with Crippen molar-refractivity contribution in [1.82, 2.24) is 9.80 Å². The van der Waals surface area contributed by atoms with Crippen molar-refractivity contribution in [2.45, 2.75) is 37.1 Å². The molecule has 28 heavy (non-hydrogen) atoms. The molecule has 1 atom stereocenters. The second-order valence-corrected chi connectivity index (χ2v) is 9.58. The van der Waals surface area contributed by atoms with Gasteiger partial charge in [0.15, 0.2) is 0 Å². The van der Waals surface area contributed by atoms with Crippen LogP contribution in [0.1, 0.15) is 36.8 Å². The van der Waals surface area contributed by atoms with Gasteiger partial charge in [-0.2, -0.15) is 0 Å². The minimum absolute atomic E-state index is 0.282. The Morgan fingerprint density at radius 3 is 2.36 bits per heavy atom. The third-order valence-corrected chi connectivity index (χ3v) is 6.58. The van der Waals surface area contributed by atoms with Crippen molar-refractivity contribution in [3.8, 4) is 0 Å². The summed E-state index contributed by atoms with van der Waals surface area (Å²) in [6, 6.07) is 14.9. The number of nitrogens with zero attached hydrogens (tertiary/aromatic N) is 2. The first kappa shape index (κ1) is 20.8. The van der Waals surface area contributed by atoms with Crippen LogP contribution in [0.2, 0.25) is 0 Å². The van der Waals surface area contributed by atoms with Gasteiger partial charge in [0.05, 0.1) is 4.90 Å². The van der Waals surface area contributed by atoms with E-state index in [4.69, 9.17) is 0 Å². The van der Waals surface area contributed by atoms with Crippen LogP contribution in [0, 0.1) is 0 Å². The number of hydrogen-bond donors (Lipinski definition) is 1. The molecule has 5 nitrogen and oxygen atoms in total. The molecule has 0 aromatic heterocycles. The van der Waals surface area contributed by atoms with E-state index in [-0.39, 0.29) is 4.90 Å². The number of likely N-dealkylation sites (tertiary alicyclic amines) is 1. The summed E-state index contributed by atoms with van der Waals surface area (Å²) < 4.78 is 28.0. The van der Waals surface area contributed by atoms with Crippen molar-refractivity contribution in [1.29, 1.82) is 0 Å². The van der Waals surface area contributed by atoms with E-state index < -0.39 is 10.0 Å². The molecule has 1 saturated heterocycles. The van der Waals surface area contributed by atoms with E-state index in [2.05, 4.69) is 33.6 Å². The predicted octanol–water partition coefficient (Wildman–Crippen LogP) is 3.75. The highest BCUT2D eigenvalue weighted by molar-refractivity contribution is 7.92. The zero-order valence-electron chi connectivity index (χ0n) is 17.1. The van der Waals surface area contributed by atoms with Crippen LogP contribution >= 0.6 is 0 Å². The summed E-state index contributed by atoms with van der Waals surface area (Å²) in [5, 5.41) is 0.